The molecule has 0 unspecified atom stereocenters. The Morgan fingerprint density at radius 2 is 0.909 bits per heavy atom. The number of hydrogen-bond acceptors (Lipinski definition) is 0. The molecule has 135 valence electrons. The van der Waals surface area contributed by atoms with Crippen LogP contribution in [-0.2, 0) is 14.6 Å². The quantitative estimate of drug-likeness (QED) is 0.265. The normalized spacial score (nSPS) is 9.05. The zero-order valence-electron chi connectivity index (χ0n) is 15.2. The van der Waals surface area contributed by atoms with Gasteiger partial charge >= 0.3 is 24.8 Å². The molecule has 0 heterocycles. The van der Waals surface area contributed by atoms with Crippen LogP contribution in [0.3, 0.4) is 0 Å². The molecular formula is C18H35ClNiP2-. The Morgan fingerprint density at radius 1 is 0.636 bits per heavy atom. The van der Waals surface area contributed by atoms with Crippen LogP contribution in [0.25, 0.3) is 0 Å². The molecule has 1 aromatic carbocycles. The SMILES string of the molecule is CCP(CC)CC.CCP(CC)CC.[Cl][Ni].[c-]1ccccc1. The predicted octanol–water partition coefficient (Wildman–Crippen LogP) is 7.23. The van der Waals surface area contributed by atoms with E-state index >= 15 is 0 Å². The van der Waals surface area contributed by atoms with Crippen LogP contribution < -0.4 is 0 Å². The maximum Gasteiger partial charge on any atom is -0.171 e. The van der Waals surface area contributed by atoms with E-state index in [1.54, 1.807) is 0 Å². The van der Waals surface area contributed by atoms with E-state index in [1.165, 1.54) is 37.0 Å². The van der Waals surface area contributed by atoms with Gasteiger partial charge in [0.1, 0.15) is 0 Å². The summed E-state index contributed by atoms with van der Waals surface area (Å²) in [5, 5.41) is 0. The summed E-state index contributed by atoms with van der Waals surface area (Å²) in [5.41, 5.74) is 0. The van der Waals surface area contributed by atoms with Crippen molar-refractivity contribution in [2.24, 2.45) is 0 Å². The molecule has 1 rings (SSSR count). The van der Waals surface area contributed by atoms with Crippen molar-refractivity contribution in [3.05, 3.63) is 36.4 Å². The molecule has 0 saturated carbocycles. The molecule has 4 heteroatoms. The Bertz CT molecular complexity index is 203. The van der Waals surface area contributed by atoms with Gasteiger partial charge in [0.05, 0.1) is 0 Å². The van der Waals surface area contributed by atoms with Crippen molar-refractivity contribution in [2.75, 3.05) is 37.0 Å². The number of hydrogen-bond donors (Lipinski definition) is 0. The van der Waals surface area contributed by atoms with Crippen molar-refractivity contribution in [3.8, 4) is 0 Å². The standard InChI is InChI=1S/2C6H15P.C6H5.ClH.Ni/c2*1-4-7(5-2)6-3;1-2-4-6-5-3-1;;/h2*4-6H2,1-3H3;1-5H;1H;/q;;-1;;+1/p-1. The van der Waals surface area contributed by atoms with E-state index in [4.69, 9.17) is 0 Å². The number of benzene rings is 1. The van der Waals surface area contributed by atoms with Gasteiger partial charge in [0.15, 0.2) is 0 Å². The van der Waals surface area contributed by atoms with Crippen LogP contribution >= 0.6 is 26.0 Å². The Morgan fingerprint density at radius 3 is 0.955 bits per heavy atom. The fourth-order valence-corrected chi connectivity index (χ4v) is 4.37. The van der Waals surface area contributed by atoms with Crippen LogP contribution in [-0.4, -0.2) is 37.0 Å². The van der Waals surface area contributed by atoms with E-state index in [0.717, 1.165) is 0 Å². The summed E-state index contributed by atoms with van der Waals surface area (Å²) >= 11 is 3.35. The third-order valence-electron chi connectivity index (χ3n) is 3.29. The molecule has 0 amide bonds. The molecule has 0 aromatic heterocycles. The fourth-order valence-electron chi connectivity index (χ4n) is 1.68. The van der Waals surface area contributed by atoms with Crippen LogP contribution in [0.1, 0.15) is 41.5 Å². The maximum absolute atomic E-state index is 4.26. The summed E-state index contributed by atoms with van der Waals surface area (Å²) in [4.78, 5) is 0. The van der Waals surface area contributed by atoms with Crippen molar-refractivity contribution >= 4 is 26.0 Å². The van der Waals surface area contributed by atoms with E-state index in [9.17, 15) is 0 Å². The van der Waals surface area contributed by atoms with E-state index in [0.29, 0.717) is 15.8 Å². The van der Waals surface area contributed by atoms with Crippen LogP contribution in [0.5, 0.6) is 0 Å². The molecule has 0 nitrogen and oxygen atoms in total. The summed E-state index contributed by atoms with van der Waals surface area (Å²) in [6, 6.07) is 12.5. The van der Waals surface area contributed by atoms with Crippen LogP contribution in [0, 0.1) is 6.07 Å². The largest absolute Gasteiger partial charge is 0.184 e. The molecule has 0 aliphatic carbocycles. The summed E-state index contributed by atoms with van der Waals surface area (Å²) in [6.45, 7) is 13.7. The maximum atomic E-state index is 4.26. The van der Waals surface area contributed by atoms with Gasteiger partial charge in [0.25, 0.3) is 0 Å². The second kappa shape index (κ2) is 26.7. The van der Waals surface area contributed by atoms with E-state index < -0.39 is 0 Å². The van der Waals surface area contributed by atoms with Gasteiger partial charge in [0, 0.05) is 0 Å². The molecule has 0 aliphatic heterocycles. The van der Waals surface area contributed by atoms with Gasteiger partial charge < -0.3 is 0 Å². The molecule has 0 spiro atoms. The topological polar surface area (TPSA) is 0 Å². The first-order valence-corrected chi connectivity index (χ1v) is 13.3. The molecule has 22 heavy (non-hydrogen) atoms. The van der Waals surface area contributed by atoms with Crippen molar-refractivity contribution in [1.82, 2.24) is 0 Å². The van der Waals surface area contributed by atoms with Crippen LogP contribution in [0.4, 0.5) is 0 Å². The second-order valence-corrected chi connectivity index (χ2v) is 10.8. The minimum atomic E-state index is 0.446. The Kier molecular flexibility index (Phi) is 33.7. The zero-order valence-corrected chi connectivity index (χ0v) is 18.8. The summed E-state index contributed by atoms with van der Waals surface area (Å²) in [6.07, 6.45) is 8.51. The summed E-state index contributed by atoms with van der Waals surface area (Å²) in [7, 11) is 5.16. The van der Waals surface area contributed by atoms with Gasteiger partial charge in [-0.2, -0.15) is 36.4 Å². The van der Waals surface area contributed by atoms with Crippen LogP contribution in [0.15, 0.2) is 30.3 Å². The summed E-state index contributed by atoms with van der Waals surface area (Å²) in [5.74, 6) is 0. The molecule has 0 fully saturated rings. The molecule has 0 saturated heterocycles. The molecule has 0 N–H and O–H groups in total. The van der Waals surface area contributed by atoms with Crippen molar-refractivity contribution < 1.29 is 14.6 Å². The molecule has 1 aromatic rings. The zero-order chi connectivity index (χ0) is 17.6. The van der Waals surface area contributed by atoms with Gasteiger partial charge in [-0.05, 0) is 37.0 Å². The molecule has 0 bridgehead atoms. The summed E-state index contributed by atoms with van der Waals surface area (Å²) < 4.78 is 0. The molecular weight excluding hydrogens is 372 g/mol. The Hall–Kier alpha value is 0.864. The van der Waals surface area contributed by atoms with E-state index in [2.05, 4.69) is 72.4 Å². The van der Waals surface area contributed by atoms with Gasteiger partial charge in [-0.1, -0.05) is 41.5 Å². The third kappa shape index (κ3) is 23.1. The first-order chi connectivity index (χ1) is 10.7. The smallest absolute Gasteiger partial charge is 0.171 e. The van der Waals surface area contributed by atoms with E-state index in [1.807, 2.05) is 30.3 Å². The fraction of sp³-hybridized carbons (Fsp3) is 0.667. The van der Waals surface area contributed by atoms with Crippen molar-refractivity contribution in [1.29, 1.82) is 0 Å². The molecule has 0 atom stereocenters. The molecule has 0 aliphatic rings. The first-order valence-electron chi connectivity index (χ1n) is 8.17. The monoisotopic (exact) mass is 406 g/mol. The van der Waals surface area contributed by atoms with Gasteiger partial charge in [-0.25, -0.2) is 0 Å². The number of halogens is 1. The molecule has 0 radical (unpaired) electrons. The van der Waals surface area contributed by atoms with Crippen molar-refractivity contribution in [2.45, 2.75) is 41.5 Å². The van der Waals surface area contributed by atoms with Crippen LogP contribution in [0.2, 0.25) is 0 Å². The Balaban J connectivity index is -0.000000233. The van der Waals surface area contributed by atoms with Gasteiger partial charge in [-0.3, -0.25) is 0 Å². The number of rotatable bonds is 6. The predicted molar refractivity (Wildman–Crippen MR) is 108 cm³/mol. The van der Waals surface area contributed by atoms with Gasteiger partial charge in [-0.15, -0.1) is 15.8 Å². The first kappa shape index (κ1) is 27.7. The van der Waals surface area contributed by atoms with Crippen molar-refractivity contribution in [3.63, 3.8) is 0 Å². The second-order valence-electron chi connectivity index (χ2n) is 4.32. The average molecular weight is 408 g/mol. The minimum absolute atomic E-state index is 0.446. The minimum Gasteiger partial charge on any atom is -0.184 e. The Labute approximate surface area is 155 Å². The van der Waals surface area contributed by atoms with E-state index in [-0.39, 0.29) is 0 Å². The van der Waals surface area contributed by atoms with Gasteiger partial charge in [0.2, 0.25) is 0 Å². The third-order valence-corrected chi connectivity index (χ3v) is 8.66. The average Bonchev–Trinajstić information content (AvgIpc) is 2.62.